The van der Waals surface area contributed by atoms with Gasteiger partial charge in [-0.25, -0.2) is 0 Å². The highest BCUT2D eigenvalue weighted by Crippen LogP contribution is 2.26. The number of rotatable bonds is 7. The maximum Gasteiger partial charge on any atom is 0.237 e. The monoisotopic (exact) mass is 398 g/mol. The molecular weight excluding hydrogens is 376 g/mol. The summed E-state index contributed by atoms with van der Waals surface area (Å²) < 4.78 is 12.7. The van der Waals surface area contributed by atoms with Crippen molar-refractivity contribution >= 4 is 17.7 Å². The van der Waals surface area contributed by atoms with E-state index in [1.54, 1.807) is 12.5 Å². The highest BCUT2D eigenvalue weighted by atomic mass is 32.2. The Kier molecular flexibility index (Phi) is 5.66. The van der Waals surface area contributed by atoms with Crippen LogP contribution in [0, 0.1) is 0 Å². The first-order valence-electron chi connectivity index (χ1n) is 9.30. The van der Waals surface area contributed by atoms with E-state index >= 15 is 0 Å². The van der Waals surface area contributed by atoms with Gasteiger partial charge in [0.25, 0.3) is 0 Å². The number of allylic oxidation sites excluding steroid dienone is 2. The van der Waals surface area contributed by atoms with E-state index in [-0.39, 0.29) is 11.7 Å². The summed E-state index contributed by atoms with van der Waals surface area (Å²) in [5, 5.41) is 9.06. The summed E-state index contributed by atoms with van der Waals surface area (Å²) in [7, 11) is 1.87. The first-order chi connectivity index (χ1) is 13.7. The molecule has 3 aromatic heterocycles. The smallest absolute Gasteiger partial charge is 0.237 e. The molecule has 0 saturated heterocycles. The van der Waals surface area contributed by atoms with E-state index in [0.717, 1.165) is 30.7 Å². The lowest BCUT2D eigenvalue weighted by Gasteiger charge is -2.27. The molecule has 0 fully saturated rings. The first kappa shape index (κ1) is 18.6. The molecule has 1 aliphatic carbocycles. The molecule has 0 aliphatic heterocycles. The van der Waals surface area contributed by atoms with Crippen LogP contribution in [0.25, 0.3) is 11.6 Å². The van der Waals surface area contributed by atoms with Gasteiger partial charge in [-0.1, -0.05) is 17.8 Å². The van der Waals surface area contributed by atoms with Gasteiger partial charge in [0, 0.05) is 12.7 Å². The van der Waals surface area contributed by atoms with Crippen molar-refractivity contribution in [2.75, 3.05) is 5.75 Å². The van der Waals surface area contributed by atoms with Gasteiger partial charge in [0.2, 0.25) is 5.91 Å². The lowest BCUT2D eigenvalue weighted by Crippen LogP contribution is -2.32. The summed E-state index contributed by atoms with van der Waals surface area (Å²) in [6.07, 6.45) is 9.63. The number of nitrogens with zero attached hydrogens (tertiary/aromatic N) is 4. The van der Waals surface area contributed by atoms with E-state index in [2.05, 4.69) is 16.3 Å². The summed E-state index contributed by atoms with van der Waals surface area (Å²) in [6.45, 7) is 0.453. The quantitative estimate of drug-likeness (QED) is 0.554. The molecule has 4 rings (SSSR count). The molecule has 0 radical (unpaired) electrons. The second-order valence-electron chi connectivity index (χ2n) is 6.63. The SMILES string of the molecule is Cn1c(SCC(=O)N(Cc2ccco2)C2=CCCCC2)nnc1-c1ccco1. The van der Waals surface area contributed by atoms with Crippen molar-refractivity contribution in [1.29, 1.82) is 0 Å². The number of aromatic nitrogens is 3. The Bertz CT molecular complexity index is 944. The number of hydrogen-bond acceptors (Lipinski definition) is 6. The molecule has 0 saturated carbocycles. The molecule has 3 heterocycles. The average molecular weight is 398 g/mol. The second-order valence-corrected chi connectivity index (χ2v) is 7.57. The van der Waals surface area contributed by atoms with Crippen LogP contribution in [0.4, 0.5) is 0 Å². The molecule has 3 aromatic rings. The normalized spacial score (nSPS) is 14.1. The Morgan fingerprint density at radius 1 is 1.21 bits per heavy atom. The molecule has 0 aromatic carbocycles. The second kappa shape index (κ2) is 8.52. The van der Waals surface area contributed by atoms with E-state index < -0.39 is 0 Å². The lowest BCUT2D eigenvalue weighted by molar-refractivity contribution is -0.127. The fourth-order valence-electron chi connectivity index (χ4n) is 3.24. The third kappa shape index (κ3) is 4.06. The van der Waals surface area contributed by atoms with E-state index in [9.17, 15) is 4.79 Å². The Morgan fingerprint density at radius 2 is 2.07 bits per heavy atom. The van der Waals surface area contributed by atoms with Crippen LogP contribution in [0.5, 0.6) is 0 Å². The standard InChI is InChI=1S/C20H22N4O3S/c1-23-19(17-10-6-12-27-17)21-22-20(23)28-14-18(25)24(13-16-9-5-11-26-16)15-7-3-2-4-8-15/h5-7,9-12H,2-4,8,13-14H2,1H3. The zero-order valence-corrected chi connectivity index (χ0v) is 16.5. The predicted octanol–water partition coefficient (Wildman–Crippen LogP) is 4.25. The largest absolute Gasteiger partial charge is 0.467 e. The van der Waals surface area contributed by atoms with Gasteiger partial charge in [0.05, 0.1) is 24.8 Å². The van der Waals surface area contributed by atoms with Crippen LogP contribution in [0.2, 0.25) is 0 Å². The minimum atomic E-state index is 0.0390. The van der Waals surface area contributed by atoms with Crippen molar-refractivity contribution in [3.05, 3.63) is 54.3 Å². The summed E-state index contributed by atoms with van der Waals surface area (Å²) in [4.78, 5) is 14.9. The molecule has 7 nitrogen and oxygen atoms in total. The number of thioether (sulfide) groups is 1. The third-order valence-electron chi connectivity index (χ3n) is 4.71. The van der Waals surface area contributed by atoms with Gasteiger partial charge in [0.15, 0.2) is 16.7 Å². The molecule has 1 aliphatic rings. The number of amides is 1. The van der Waals surface area contributed by atoms with Crippen LogP contribution in [-0.2, 0) is 18.4 Å². The molecule has 0 bridgehead atoms. The first-order valence-corrected chi connectivity index (χ1v) is 10.3. The van der Waals surface area contributed by atoms with Crippen molar-refractivity contribution in [2.24, 2.45) is 7.05 Å². The van der Waals surface area contributed by atoms with E-state index in [4.69, 9.17) is 8.83 Å². The highest BCUT2D eigenvalue weighted by molar-refractivity contribution is 7.99. The molecular formula is C20H22N4O3S. The highest BCUT2D eigenvalue weighted by Gasteiger charge is 2.22. The van der Waals surface area contributed by atoms with Crippen molar-refractivity contribution in [2.45, 2.75) is 37.4 Å². The van der Waals surface area contributed by atoms with Crippen LogP contribution in [0.3, 0.4) is 0 Å². The van der Waals surface area contributed by atoms with Gasteiger partial charge >= 0.3 is 0 Å². The Morgan fingerprint density at radius 3 is 2.79 bits per heavy atom. The number of hydrogen-bond donors (Lipinski definition) is 0. The topological polar surface area (TPSA) is 77.3 Å². The third-order valence-corrected chi connectivity index (χ3v) is 5.72. The van der Waals surface area contributed by atoms with Crippen LogP contribution in [0.1, 0.15) is 31.4 Å². The Balaban J connectivity index is 1.46. The van der Waals surface area contributed by atoms with Gasteiger partial charge in [-0.3, -0.25) is 4.79 Å². The number of carbonyl (C=O) groups excluding carboxylic acids is 1. The van der Waals surface area contributed by atoms with Crippen molar-refractivity contribution in [3.63, 3.8) is 0 Å². The van der Waals surface area contributed by atoms with Crippen molar-refractivity contribution in [1.82, 2.24) is 19.7 Å². The van der Waals surface area contributed by atoms with E-state index in [0.29, 0.717) is 23.3 Å². The molecule has 8 heteroatoms. The molecule has 28 heavy (non-hydrogen) atoms. The van der Waals surface area contributed by atoms with Gasteiger partial charge in [-0.05, 0) is 49.9 Å². The summed E-state index contributed by atoms with van der Waals surface area (Å²) in [6, 6.07) is 7.39. The molecule has 0 spiro atoms. The molecule has 0 N–H and O–H groups in total. The molecule has 1 amide bonds. The predicted molar refractivity (Wildman–Crippen MR) is 105 cm³/mol. The van der Waals surface area contributed by atoms with Gasteiger partial charge < -0.3 is 18.3 Å². The maximum atomic E-state index is 13.0. The van der Waals surface area contributed by atoms with Crippen molar-refractivity contribution < 1.29 is 13.6 Å². The van der Waals surface area contributed by atoms with Gasteiger partial charge in [-0.15, -0.1) is 10.2 Å². The minimum absolute atomic E-state index is 0.0390. The zero-order valence-electron chi connectivity index (χ0n) is 15.7. The summed E-state index contributed by atoms with van der Waals surface area (Å²) >= 11 is 1.38. The number of carbonyl (C=O) groups is 1. The van der Waals surface area contributed by atoms with E-state index in [1.807, 2.05) is 40.8 Å². The van der Waals surface area contributed by atoms with Crippen LogP contribution >= 0.6 is 11.8 Å². The molecule has 0 atom stereocenters. The van der Waals surface area contributed by atoms with Crippen molar-refractivity contribution in [3.8, 4) is 11.6 Å². The fourth-order valence-corrected chi connectivity index (χ4v) is 4.03. The Hall–Kier alpha value is -2.74. The van der Waals surface area contributed by atoms with Gasteiger partial charge in [-0.2, -0.15) is 0 Å². The minimum Gasteiger partial charge on any atom is -0.467 e. The molecule has 146 valence electrons. The van der Waals surface area contributed by atoms with Gasteiger partial charge in [0.1, 0.15) is 5.76 Å². The molecule has 0 unspecified atom stereocenters. The van der Waals surface area contributed by atoms with Crippen LogP contribution in [0.15, 0.2) is 62.6 Å². The fraction of sp³-hybridized carbons (Fsp3) is 0.350. The summed E-state index contributed by atoms with van der Waals surface area (Å²) in [5.41, 5.74) is 1.09. The van der Waals surface area contributed by atoms with E-state index in [1.165, 1.54) is 18.2 Å². The van der Waals surface area contributed by atoms with Crippen LogP contribution in [-0.4, -0.2) is 31.3 Å². The zero-order chi connectivity index (χ0) is 19.3. The maximum absolute atomic E-state index is 13.0. The average Bonchev–Trinajstić information content (AvgIpc) is 3.47. The number of furan rings is 2. The summed E-state index contributed by atoms with van der Waals surface area (Å²) in [5.74, 6) is 2.39. The Labute approximate surface area is 167 Å². The lowest BCUT2D eigenvalue weighted by atomic mass is 10.0. The van der Waals surface area contributed by atoms with Crippen LogP contribution < -0.4 is 0 Å².